The lowest BCUT2D eigenvalue weighted by Gasteiger charge is -2.44. The molecule has 1 heterocycles. The van der Waals surface area contributed by atoms with E-state index in [-0.39, 0.29) is 18.4 Å². The monoisotopic (exact) mass is 297 g/mol. The Hall–Kier alpha value is -1.79. The summed E-state index contributed by atoms with van der Waals surface area (Å²) in [6.07, 6.45) is 4.67. The van der Waals surface area contributed by atoms with Gasteiger partial charge in [-0.1, -0.05) is 0 Å². The standard InChI is InChI=1S/C14H23N3O4/c1-15-12(20)10-5-2-3-8-17(10)13(21)16-14(6-4-7-14)9-11(18)19/h10H,2-9H2,1H3,(H,15,20)(H,16,21)(H,18,19). The van der Waals surface area contributed by atoms with Gasteiger partial charge in [-0.2, -0.15) is 0 Å². The molecule has 7 heteroatoms. The zero-order chi connectivity index (χ0) is 15.5. The van der Waals surface area contributed by atoms with Crippen molar-refractivity contribution in [3.05, 3.63) is 0 Å². The molecule has 118 valence electrons. The fraction of sp³-hybridized carbons (Fsp3) is 0.786. The zero-order valence-electron chi connectivity index (χ0n) is 12.4. The Kier molecular flexibility index (Phi) is 4.69. The minimum atomic E-state index is -0.906. The molecule has 2 rings (SSSR count). The molecule has 1 aliphatic carbocycles. The van der Waals surface area contributed by atoms with Crippen LogP contribution in [0.15, 0.2) is 0 Å². The highest BCUT2D eigenvalue weighted by Crippen LogP contribution is 2.35. The van der Waals surface area contributed by atoms with Crippen molar-refractivity contribution in [2.45, 2.75) is 56.5 Å². The molecule has 1 atom stereocenters. The number of nitrogens with one attached hydrogen (secondary N) is 2. The minimum Gasteiger partial charge on any atom is -0.481 e. The summed E-state index contributed by atoms with van der Waals surface area (Å²) >= 11 is 0. The maximum atomic E-state index is 12.5. The Balaban J connectivity index is 2.03. The number of likely N-dealkylation sites (N-methyl/N-ethyl adjacent to an activating group) is 1. The van der Waals surface area contributed by atoms with Crippen LogP contribution in [0.5, 0.6) is 0 Å². The number of amides is 3. The van der Waals surface area contributed by atoms with Gasteiger partial charge in [-0.05, 0) is 38.5 Å². The molecule has 0 aromatic heterocycles. The number of hydrogen-bond donors (Lipinski definition) is 3. The van der Waals surface area contributed by atoms with E-state index in [1.807, 2.05) is 0 Å². The molecule has 3 amide bonds. The van der Waals surface area contributed by atoms with E-state index in [1.165, 1.54) is 0 Å². The lowest BCUT2D eigenvalue weighted by atomic mass is 9.74. The molecule has 0 aromatic carbocycles. The number of urea groups is 1. The Morgan fingerprint density at radius 2 is 1.95 bits per heavy atom. The van der Waals surface area contributed by atoms with E-state index in [4.69, 9.17) is 5.11 Å². The molecule has 0 spiro atoms. The summed E-state index contributed by atoms with van der Waals surface area (Å²) in [4.78, 5) is 36.8. The number of carboxylic acid groups (broad SMARTS) is 1. The van der Waals surface area contributed by atoms with Crippen molar-refractivity contribution in [2.75, 3.05) is 13.6 Å². The van der Waals surface area contributed by atoms with E-state index < -0.39 is 17.6 Å². The Morgan fingerprint density at radius 3 is 2.48 bits per heavy atom. The third kappa shape index (κ3) is 3.46. The number of carboxylic acids is 1. The van der Waals surface area contributed by atoms with Gasteiger partial charge >= 0.3 is 12.0 Å². The molecular weight excluding hydrogens is 274 g/mol. The van der Waals surface area contributed by atoms with Crippen LogP contribution in [0.25, 0.3) is 0 Å². The van der Waals surface area contributed by atoms with Gasteiger partial charge < -0.3 is 20.6 Å². The Labute approximate surface area is 124 Å². The van der Waals surface area contributed by atoms with Crippen molar-refractivity contribution in [1.82, 2.24) is 15.5 Å². The van der Waals surface area contributed by atoms with Gasteiger partial charge in [0.1, 0.15) is 6.04 Å². The van der Waals surface area contributed by atoms with Crippen LogP contribution in [0.1, 0.15) is 44.9 Å². The summed E-state index contributed by atoms with van der Waals surface area (Å²) in [6, 6.07) is -0.769. The van der Waals surface area contributed by atoms with E-state index in [9.17, 15) is 14.4 Å². The van der Waals surface area contributed by atoms with Gasteiger partial charge in [-0.3, -0.25) is 9.59 Å². The molecule has 1 saturated heterocycles. The van der Waals surface area contributed by atoms with Crippen molar-refractivity contribution >= 4 is 17.9 Å². The second-order valence-corrected chi connectivity index (χ2v) is 5.95. The molecule has 1 saturated carbocycles. The lowest BCUT2D eigenvalue weighted by molar-refractivity contribution is -0.139. The van der Waals surface area contributed by atoms with Crippen molar-refractivity contribution in [3.8, 4) is 0 Å². The van der Waals surface area contributed by atoms with Crippen LogP contribution in [0.4, 0.5) is 4.79 Å². The first-order valence-electron chi connectivity index (χ1n) is 7.50. The second kappa shape index (κ2) is 6.32. The van der Waals surface area contributed by atoms with Crippen LogP contribution < -0.4 is 10.6 Å². The van der Waals surface area contributed by atoms with Gasteiger partial charge in [-0.15, -0.1) is 0 Å². The summed E-state index contributed by atoms with van der Waals surface area (Å²) in [6.45, 7) is 0.535. The fourth-order valence-corrected chi connectivity index (χ4v) is 3.15. The highest BCUT2D eigenvalue weighted by Gasteiger charge is 2.42. The number of likely N-dealkylation sites (tertiary alicyclic amines) is 1. The maximum Gasteiger partial charge on any atom is 0.318 e. The molecule has 2 fully saturated rings. The van der Waals surface area contributed by atoms with E-state index in [0.29, 0.717) is 25.8 Å². The topological polar surface area (TPSA) is 98.7 Å². The number of carbonyl (C=O) groups is 3. The second-order valence-electron chi connectivity index (χ2n) is 5.95. The maximum absolute atomic E-state index is 12.5. The van der Waals surface area contributed by atoms with Gasteiger partial charge in [0.05, 0.1) is 12.0 Å². The predicted octanol–water partition coefficient (Wildman–Crippen LogP) is 0.694. The smallest absolute Gasteiger partial charge is 0.318 e. The molecular formula is C14H23N3O4. The summed E-state index contributed by atoms with van der Waals surface area (Å²) < 4.78 is 0. The first-order chi connectivity index (χ1) is 9.97. The van der Waals surface area contributed by atoms with Crippen molar-refractivity contribution in [2.24, 2.45) is 0 Å². The molecule has 3 N–H and O–H groups in total. The number of rotatable bonds is 4. The number of piperidine rings is 1. The first kappa shape index (κ1) is 15.6. The van der Waals surface area contributed by atoms with E-state index in [0.717, 1.165) is 19.3 Å². The Bertz CT molecular complexity index is 434. The average molecular weight is 297 g/mol. The van der Waals surface area contributed by atoms with Crippen molar-refractivity contribution in [1.29, 1.82) is 0 Å². The summed E-state index contributed by atoms with van der Waals surface area (Å²) in [5.41, 5.74) is -0.631. The number of aliphatic carboxylic acids is 1. The molecule has 0 bridgehead atoms. The number of carbonyl (C=O) groups excluding carboxylic acids is 2. The summed E-state index contributed by atoms with van der Waals surface area (Å²) in [5.74, 6) is -1.07. The van der Waals surface area contributed by atoms with Crippen LogP contribution in [-0.4, -0.2) is 53.1 Å². The van der Waals surface area contributed by atoms with Gasteiger partial charge in [0, 0.05) is 13.6 Å². The Morgan fingerprint density at radius 1 is 1.24 bits per heavy atom. The van der Waals surface area contributed by atoms with Crippen LogP contribution >= 0.6 is 0 Å². The van der Waals surface area contributed by atoms with Crippen LogP contribution in [0.3, 0.4) is 0 Å². The first-order valence-corrected chi connectivity index (χ1v) is 7.50. The van der Waals surface area contributed by atoms with Gasteiger partial charge in [0.15, 0.2) is 0 Å². The summed E-state index contributed by atoms with van der Waals surface area (Å²) in [5, 5.41) is 14.4. The third-order valence-electron chi connectivity index (χ3n) is 4.49. The molecule has 0 radical (unpaired) electrons. The van der Waals surface area contributed by atoms with Crippen LogP contribution in [-0.2, 0) is 9.59 Å². The number of hydrogen-bond acceptors (Lipinski definition) is 3. The van der Waals surface area contributed by atoms with E-state index >= 15 is 0 Å². The normalized spacial score (nSPS) is 23.9. The van der Waals surface area contributed by atoms with Gasteiger partial charge in [-0.25, -0.2) is 4.79 Å². The summed E-state index contributed by atoms with van der Waals surface area (Å²) in [7, 11) is 1.56. The molecule has 1 unspecified atom stereocenters. The quantitative estimate of drug-likeness (QED) is 0.711. The molecule has 0 aromatic rings. The zero-order valence-corrected chi connectivity index (χ0v) is 12.4. The molecule has 7 nitrogen and oxygen atoms in total. The van der Waals surface area contributed by atoms with Gasteiger partial charge in [0.2, 0.25) is 5.91 Å². The highest BCUT2D eigenvalue weighted by atomic mass is 16.4. The van der Waals surface area contributed by atoms with Gasteiger partial charge in [0.25, 0.3) is 0 Å². The van der Waals surface area contributed by atoms with Crippen molar-refractivity contribution < 1.29 is 19.5 Å². The third-order valence-corrected chi connectivity index (χ3v) is 4.49. The predicted molar refractivity (Wildman–Crippen MR) is 75.8 cm³/mol. The molecule has 21 heavy (non-hydrogen) atoms. The largest absolute Gasteiger partial charge is 0.481 e. The van der Waals surface area contributed by atoms with Crippen molar-refractivity contribution in [3.63, 3.8) is 0 Å². The van der Waals surface area contributed by atoms with Crippen LogP contribution in [0.2, 0.25) is 0 Å². The minimum absolute atomic E-state index is 0.0583. The lowest BCUT2D eigenvalue weighted by Crippen LogP contribution is -2.61. The van der Waals surface area contributed by atoms with E-state index in [2.05, 4.69) is 10.6 Å². The molecule has 2 aliphatic rings. The van der Waals surface area contributed by atoms with E-state index in [1.54, 1.807) is 11.9 Å². The highest BCUT2D eigenvalue weighted by molar-refractivity contribution is 5.87. The number of nitrogens with zero attached hydrogens (tertiary/aromatic N) is 1. The van der Waals surface area contributed by atoms with Crippen LogP contribution in [0, 0.1) is 0 Å². The average Bonchev–Trinajstić information content (AvgIpc) is 2.43. The molecule has 1 aliphatic heterocycles. The fourth-order valence-electron chi connectivity index (χ4n) is 3.15. The SMILES string of the molecule is CNC(=O)C1CCCCN1C(=O)NC1(CC(=O)O)CCC1.